The third kappa shape index (κ3) is 2.09. The summed E-state index contributed by atoms with van der Waals surface area (Å²) in [6.07, 6.45) is 8.75. The molecule has 2 rings (SSSR count). The first-order valence-electron chi connectivity index (χ1n) is 6.12. The number of hydrogen-bond donors (Lipinski definition) is 0. The Morgan fingerprint density at radius 3 is 2.67 bits per heavy atom. The highest BCUT2D eigenvalue weighted by molar-refractivity contribution is 5.69. The van der Waals surface area contributed by atoms with E-state index in [-0.39, 0.29) is 12.1 Å². The fraction of sp³-hybridized carbons (Fsp3) is 0.769. The summed E-state index contributed by atoms with van der Waals surface area (Å²) in [4.78, 5) is 11.3. The Kier molecular flexibility index (Phi) is 3.13. The molecule has 84 valence electrons. The summed E-state index contributed by atoms with van der Waals surface area (Å²) in [5.74, 6) is 1.97. The summed E-state index contributed by atoms with van der Waals surface area (Å²) in [6.45, 7) is 3.97. The highest BCUT2D eigenvalue weighted by atomic mass is 16.5. The molecular weight excluding hydrogens is 188 g/mol. The number of carbonyl (C=O) groups excluding carboxylic acids is 1. The van der Waals surface area contributed by atoms with Gasteiger partial charge in [-0.3, -0.25) is 4.79 Å². The highest BCUT2D eigenvalue weighted by Crippen LogP contribution is 2.46. The second-order valence-electron chi connectivity index (χ2n) is 4.73. The minimum absolute atomic E-state index is 0.0476. The fourth-order valence-corrected chi connectivity index (χ4v) is 2.98. The summed E-state index contributed by atoms with van der Waals surface area (Å²) in [5, 5.41) is 0. The number of fused-ring (bicyclic) bond motifs is 2. The maximum absolute atomic E-state index is 11.3. The van der Waals surface area contributed by atoms with E-state index >= 15 is 0 Å². The van der Waals surface area contributed by atoms with E-state index in [0.717, 1.165) is 12.3 Å². The Labute approximate surface area is 91.7 Å². The van der Waals surface area contributed by atoms with Gasteiger partial charge in [-0.25, -0.2) is 0 Å². The molecule has 2 bridgehead atoms. The van der Waals surface area contributed by atoms with Crippen molar-refractivity contribution < 1.29 is 9.53 Å². The first kappa shape index (κ1) is 10.7. The molecule has 4 atom stereocenters. The van der Waals surface area contributed by atoms with Gasteiger partial charge >= 0.3 is 5.97 Å². The van der Waals surface area contributed by atoms with Crippen molar-refractivity contribution in [2.45, 2.75) is 45.6 Å². The summed E-state index contributed by atoms with van der Waals surface area (Å²) in [5.41, 5.74) is 0. The van der Waals surface area contributed by atoms with Crippen molar-refractivity contribution in [1.29, 1.82) is 0 Å². The monoisotopic (exact) mass is 208 g/mol. The Bertz CT molecular complexity index is 270. The average molecular weight is 208 g/mol. The molecule has 0 aromatic heterocycles. The maximum atomic E-state index is 11.3. The number of hydrogen-bond acceptors (Lipinski definition) is 2. The number of esters is 1. The van der Waals surface area contributed by atoms with Crippen LogP contribution in [0.15, 0.2) is 12.2 Å². The lowest BCUT2D eigenvalue weighted by molar-refractivity contribution is -0.152. The molecule has 2 aliphatic carbocycles. The van der Waals surface area contributed by atoms with E-state index in [4.69, 9.17) is 4.74 Å². The third-order valence-electron chi connectivity index (χ3n) is 3.78. The summed E-state index contributed by atoms with van der Waals surface area (Å²) < 4.78 is 5.51. The second kappa shape index (κ2) is 4.38. The number of allylic oxidation sites excluding steroid dienone is 2. The molecule has 2 nitrogen and oxygen atoms in total. The summed E-state index contributed by atoms with van der Waals surface area (Å²) >= 11 is 0. The molecule has 0 aliphatic heterocycles. The van der Waals surface area contributed by atoms with Crippen molar-refractivity contribution in [1.82, 2.24) is 0 Å². The summed E-state index contributed by atoms with van der Waals surface area (Å²) in [6, 6.07) is 0. The van der Waals surface area contributed by atoms with Crippen LogP contribution in [0.1, 0.15) is 39.5 Å². The van der Waals surface area contributed by atoms with Gasteiger partial charge < -0.3 is 4.74 Å². The smallest absolute Gasteiger partial charge is 0.305 e. The van der Waals surface area contributed by atoms with E-state index in [1.807, 2.05) is 6.92 Å². The minimum Gasteiger partial charge on any atom is -0.462 e. The minimum atomic E-state index is -0.0476. The Hall–Kier alpha value is -0.790. The molecule has 1 saturated carbocycles. The average Bonchev–Trinajstić information content (AvgIpc) is 2.86. The van der Waals surface area contributed by atoms with Crippen molar-refractivity contribution >= 4 is 5.97 Å². The predicted molar refractivity (Wildman–Crippen MR) is 59.3 cm³/mol. The quantitative estimate of drug-likeness (QED) is 0.524. The normalized spacial score (nSPS) is 34.4. The Morgan fingerprint density at radius 2 is 2.20 bits per heavy atom. The zero-order chi connectivity index (χ0) is 10.8. The van der Waals surface area contributed by atoms with Gasteiger partial charge in [0.05, 0.1) is 0 Å². The predicted octanol–water partition coefficient (Wildman–Crippen LogP) is 2.93. The SMILES string of the molecule is CCC(=O)OC(CC)C1CC2C=CC1C2. The van der Waals surface area contributed by atoms with Crippen molar-refractivity contribution in [3.05, 3.63) is 12.2 Å². The molecule has 2 aliphatic rings. The van der Waals surface area contributed by atoms with Crippen LogP contribution in [-0.2, 0) is 9.53 Å². The molecule has 0 aromatic carbocycles. The largest absolute Gasteiger partial charge is 0.462 e. The van der Waals surface area contributed by atoms with Crippen LogP contribution in [-0.4, -0.2) is 12.1 Å². The molecule has 0 N–H and O–H groups in total. The molecule has 2 heteroatoms. The van der Waals surface area contributed by atoms with E-state index in [1.165, 1.54) is 12.8 Å². The molecule has 15 heavy (non-hydrogen) atoms. The van der Waals surface area contributed by atoms with Crippen LogP contribution >= 0.6 is 0 Å². The van der Waals surface area contributed by atoms with Crippen LogP contribution in [0.5, 0.6) is 0 Å². The van der Waals surface area contributed by atoms with Gasteiger partial charge in [-0.15, -0.1) is 0 Å². The molecule has 0 amide bonds. The second-order valence-corrected chi connectivity index (χ2v) is 4.73. The van der Waals surface area contributed by atoms with Crippen LogP contribution in [0.3, 0.4) is 0 Å². The number of carbonyl (C=O) groups is 1. The number of rotatable bonds is 4. The molecule has 0 radical (unpaired) electrons. The van der Waals surface area contributed by atoms with Crippen LogP contribution < -0.4 is 0 Å². The Balaban J connectivity index is 1.95. The first-order valence-corrected chi connectivity index (χ1v) is 6.12. The van der Waals surface area contributed by atoms with Crippen LogP contribution in [0.4, 0.5) is 0 Å². The van der Waals surface area contributed by atoms with Gasteiger partial charge in [0, 0.05) is 12.3 Å². The van der Waals surface area contributed by atoms with Crippen molar-refractivity contribution in [2.75, 3.05) is 0 Å². The van der Waals surface area contributed by atoms with Crippen molar-refractivity contribution in [3.8, 4) is 0 Å². The van der Waals surface area contributed by atoms with E-state index in [2.05, 4.69) is 19.1 Å². The van der Waals surface area contributed by atoms with Crippen LogP contribution in [0, 0.1) is 17.8 Å². The highest BCUT2D eigenvalue weighted by Gasteiger charge is 2.40. The van der Waals surface area contributed by atoms with Gasteiger partial charge in [-0.05, 0) is 31.1 Å². The standard InChI is InChI=1S/C13H20O2/c1-3-12(15-13(14)4-2)11-8-9-5-6-10(11)7-9/h5-6,9-12H,3-4,7-8H2,1-2H3. The first-order chi connectivity index (χ1) is 7.24. The molecular formula is C13H20O2. The lowest BCUT2D eigenvalue weighted by atomic mass is 9.87. The van der Waals surface area contributed by atoms with Crippen molar-refractivity contribution in [2.24, 2.45) is 17.8 Å². The number of ether oxygens (including phenoxy) is 1. The Morgan fingerprint density at radius 1 is 1.40 bits per heavy atom. The molecule has 0 spiro atoms. The molecule has 1 fully saturated rings. The zero-order valence-corrected chi connectivity index (χ0v) is 9.61. The maximum Gasteiger partial charge on any atom is 0.305 e. The molecule has 0 saturated heterocycles. The van der Waals surface area contributed by atoms with E-state index in [1.54, 1.807) is 0 Å². The molecule has 0 aromatic rings. The van der Waals surface area contributed by atoms with Crippen molar-refractivity contribution in [3.63, 3.8) is 0 Å². The molecule has 0 heterocycles. The fourth-order valence-electron chi connectivity index (χ4n) is 2.98. The lowest BCUT2D eigenvalue weighted by Gasteiger charge is -2.27. The van der Waals surface area contributed by atoms with Gasteiger partial charge in [-0.2, -0.15) is 0 Å². The van der Waals surface area contributed by atoms with Gasteiger partial charge in [0.2, 0.25) is 0 Å². The van der Waals surface area contributed by atoms with Gasteiger partial charge in [0.1, 0.15) is 6.10 Å². The van der Waals surface area contributed by atoms with Crippen LogP contribution in [0.2, 0.25) is 0 Å². The lowest BCUT2D eigenvalue weighted by Crippen LogP contribution is -2.28. The molecule has 4 unspecified atom stereocenters. The summed E-state index contributed by atoms with van der Waals surface area (Å²) in [7, 11) is 0. The van der Waals surface area contributed by atoms with Crippen LogP contribution in [0.25, 0.3) is 0 Å². The van der Waals surface area contributed by atoms with E-state index < -0.39 is 0 Å². The van der Waals surface area contributed by atoms with Gasteiger partial charge in [0.25, 0.3) is 0 Å². The third-order valence-corrected chi connectivity index (χ3v) is 3.78. The van der Waals surface area contributed by atoms with Gasteiger partial charge in [0.15, 0.2) is 0 Å². The van der Waals surface area contributed by atoms with E-state index in [0.29, 0.717) is 18.3 Å². The zero-order valence-electron chi connectivity index (χ0n) is 9.61. The van der Waals surface area contributed by atoms with Gasteiger partial charge in [-0.1, -0.05) is 26.0 Å². The van der Waals surface area contributed by atoms with E-state index in [9.17, 15) is 4.79 Å². The topological polar surface area (TPSA) is 26.3 Å².